The summed E-state index contributed by atoms with van der Waals surface area (Å²) in [7, 11) is 6.22. The Balaban J connectivity index is 1.71. The van der Waals surface area contributed by atoms with E-state index in [-0.39, 0.29) is 5.82 Å². The van der Waals surface area contributed by atoms with Crippen molar-refractivity contribution in [1.82, 2.24) is 14.9 Å². The van der Waals surface area contributed by atoms with Crippen LogP contribution >= 0.6 is 0 Å². The third-order valence-electron chi connectivity index (χ3n) is 3.97. The fourth-order valence-corrected chi connectivity index (χ4v) is 2.47. The summed E-state index contributed by atoms with van der Waals surface area (Å²) in [4.78, 5) is 11.5. The molecule has 5 heteroatoms. The number of aromatic amines is 1. The van der Waals surface area contributed by atoms with Gasteiger partial charge < -0.3 is 14.8 Å². The van der Waals surface area contributed by atoms with Gasteiger partial charge in [-0.15, -0.1) is 0 Å². The zero-order valence-corrected chi connectivity index (χ0v) is 14.7. The van der Waals surface area contributed by atoms with Gasteiger partial charge in [-0.25, -0.2) is 9.37 Å². The molecule has 2 heterocycles. The van der Waals surface area contributed by atoms with E-state index >= 15 is 0 Å². The summed E-state index contributed by atoms with van der Waals surface area (Å²) in [5.74, 6) is 5.85. The number of fused-ring (bicyclic) bond motifs is 1. The predicted octanol–water partition coefficient (Wildman–Crippen LogP) is 3.10. The fraction of sp³-hybridized carbons (Fsp3) is 0.250. The van der Waals surface area contributed by atoms with Gasteiger partial charge >= 0.3 is 0 Å². The molecule has 0 aliphatic rings. The van der Waals surface area contributed by atoms with E-state index in [0.717, 1.165) is 35.4 Å². The molecule has 0 saturated carbocycles. The van der Waals surface area contributed by atoms with Crippen molar-refractivity contribution in [3.63, 3.8) is 0 Å². The number of pyridine rings is 1. The van der Waals surface area contributed by atoms with Crippen LogP contribution in [0, 0.1) is 17.7 Å². The standard InChI is InChI=1S/C20H21FN4/c1-24(2)10-11-25(3)19-8-5-15(6-9-19)4-7-18-13-16-12-17(21)14-22-20(16)23-18/h5-6,8-9,12-14H,10-11H2,1-3H3,(H,22,23). The van der Waals surface area contributed by atoms with Crippen LogP contribution in [-0.2, 0) is 0 Å². The Morgan fingerprint density at radius 3 is 2.52 bits per heavy atom. The first-order valence-electron chi connectivity index (χ1n) is 8.13. The first-order valence-corrected chi connectivity index (χ1v) is 8.13. The normalized spacial score (nSPS) is 10.8. The number of H-pyrrole nitrogens is 1. The van der Waals surface area contributed by atoms with Crippen LogP contribution in [0.25, 0.3) is 11.0 Å². The molecule has 0 amide bonds. The minimum absolute atomic E-state index is 0.347. The number of rotatable bonds is 4. The van der Waals surface area contributed by atoms with Crippen LogP contribution in [0.1, 0.15) is 11.3 Å². The largest absolute Gasteiger partial charge is 0.373 e. The van der Waals surface area contributed by atoms with Crippen molar-refractivity contribution in [2.24, 2.45) is 0 Å². The molecule has 128 valence electrons. The number of halogens is 1. The highest BCUT2D eigenvalue weighted by Gasteiger charge is 2.02. The summed E-state index contributed by atoms with van der Waals surface area (Å²) in [5.41, 5.74) is 3.46. The number of hydrogen-bond acceptors (Lipinski definition) is 3. The molecule has 25 heavy (non-hydrogen) atoms. The molecule has 0 spiro atoms. The summed E-state index contributed by atoms with van der Waals surface area (Å²) in [5, 5.41) is 0.724. The van der Waals surface area contributed by atoms with Crippen molar-refractivity contribution in [3.8, 4) is 11.8 Å². The molecule has 0 saturated heterocycles. The van der Waals surface area contributed by atoms with Crippen molar-refractivity contribution in [3.05, 3.63) is 59.7 Å². The molecule has 0 bridgehead atoms. The molecule has 0 aliphatic carbocycles. The molecule has 0 fully saturated rings. The average molecular weight is 336 g/mol. The highest BCUT2D eigenvalue weighted by Crippen LogP contribution is 2.15. The zero-order chi connectivity index (χ0) is 17.8. The maximum atomic E-state index is 13.2. The van der Waals surface area contributed by atoms with Gasteiger partial charge in [0.2, 0.25) is 0 Å². The molecular formula is C20H21FN4. The maximum absolute atomic E-state index is 13.2. The second kappa shape index (κ2) is 7.37. The van der Waals surface area contributed by atoms with Crippen LogP contribution in [0.2, 0.25) is 0 Å². The monoisotopic (exact) mass is 336 g/mol. The SMILES string of the molecule is CN(C)CCN(C)c1ccc(C#Cc2cc3cc(F)cnc3[nH]2)cc1. The van der Waals surface area contributed by atoms with E-state index in [1.165, 1.54) is 12.3 Å². The van der Waals surface area contributed by atoms with E-state index in [1.807, 2.05) is 18.2 Å². The van der Waals surface area contributed by atoms with Gasteiger partial charge in [-0.3, -0.25) is 0 Å². The lowest BCUT2D eigenvalue weighted by Crippen LogP contribution is -2.28. The Morgan fingerprint density at radius 2 is 1.80 bits per heavy atom. The third-order valence-corrected chi connectivity index (χ3v) is 3.97. The van der Waals surface area contributed by atoms with Gasteiger partial charge in [0.1, 0.15) is 11.5 Å². The molecule has 1 N–H and O–H groups in total. The highest BCUT2D eigenvalue weighted by molar-refractivity contribution is 5.77. The molecule has 0 aliphatic heterocycles. The number of benzene rings is 1. The smallest absolute Gasteiger partial charge is 0.142 e. The molecule has 0 unspecified atom stereocenters. The Hall–Kier alpha value is -2.84. The minimum Gasteiger partial charge on any atom is -0.373 e. The van der Waals surface area contributed by atoms with Gasteiger partial charge in [-0.05, 0) is 56.4 Å². The predicted molar refractivity (Wildman–Crippen MR) is 100 cm³/mol. The summed E-state index contributed by atoms with van der Waals surface area (Å²) < 4.78 is 13.2. The van der Waals surface area contributed by atoms with E-state index in [0.29, 0.717) is 5.65 Å². The van der Waals surface area contributed by atoms with Crippen molar-refractivity contribution < 1.29 is 4.39 Å². The number of nitrogens with one attached hydrogen (secondary N) is 1. The lowest BCUT2D eigenvalue weighted by molar-refractivity contribution is 0.416. The van der Waals surface area contributed by atoms with Crippen LogP contribution in [0.5, 0.6) is 0 Å². The van der Waals surface area contributed by atoms with Crippen LogP contribution in [0.4, 0.5) is 10.1 Å². The molecular weight excluding hydrogens is 315 g/mol. The number of aromatic nitrogens is 2. The van der Waals surface area contributed by atoms with Crippen molar-refractivity contribution in [1.29, 1.82) is 0 Å². The Kier molecular flexibility index (Phi) is 5.01. The van der Waals surface area contributed by atoms with Crippen molar-refractivity contribution in [2.45, 2.75) is 0 Å². The lowest BCUT2D eigenvalue weighted by Gasteiger charge is -2.21. The van der Waals surface area contributed by atoms with Gasteiger partial charge in [0.05, 0.1) is 11.9 Å². The Labute approximate surface area is 147 Å². The zero-order valence-electron chi connectivity index (χ0n) is 14.7. The van der Waals surface area contributed by atoms with Crippen LogP contribution in [0.3, 0.4) is 0 Å². The summed E-state index contributed by atoms with van der Waals surface area (Å²) >= 11 is 0. The van der Waals surface area contributed by atoms with Crippen LogP contribution < -0.4 is 4.90 Å². The van der Waals surface area contributed by atoms with E-state index in [9.17, 15) is 4.39 Å². The molecule has 3 rings (SSSR count). The first kappa shape index (κ1) is 17.0. The molecule has 3 aromatic rings. The summed E-state index contributed by atoms with van der Waals surface area (Å²) in [6, 6.07) is 11.4. The van der Waals surface area contributed by atoms with E-state index in [4.69, 9.17) is 0 Å². The van der Waals surface area contributed by atoms with Gasteiger partial charge in [-0.1, -0.05) is 5.92 Å². The van der Waals surface area contributed by atoms with E-state index in [1.54, 1.807) is 0 Å². The molecule has 0 radical (unpaired) electrons. The number of likely N-dealkylation sites (N-methyl/N-ethyl adjacent to an activating group) is 2. The Bertz CT molecular complexity index is 916. The quantitative estimate of drug-likeness (QED) is 0.744. The number of hydrogen-bond donors (Lipinski definition) is 1. The third kappa shape index (κ3) is 4.37. The van der Waals surface area contributed by atoms with Gasteiger partial charge in [0.25, 0.3) is 0 Å². The second-order valence-electron chi connectivity index (χ2n) is 6.30. The Morgan fingerprint density at radius 1 is 1.04 bits per heavy atom. The second-order valence-corrected chi connectivity index (χ2v) is 6.30. The fourth-order valence-electron chi connectivity index (χ4n) is 2.47. The molecule has 0 atom stereocenters. The average Bonchev–Trinajstić information content (AvgIpc) is 3.00. The van der Waals surface area contributed by atoms with Gasteiger partial charge in [0, 0.05) is 36.8 Å². The van der Waals surface area contributed by atoms with Crippen LogP contribution in [-0.4, -0.2) is 49.1 Å². The van der Waals surface area contributed by atoms with Crippen molar-refractivity contribution in [2.75, 3.05) is 39.1 Å². The summed E-state index contributed by atoms with van der Waals surface area (Å²) in [6.45, 7) is 1.98. The van der Waals surface area contributed by atoms with E-state index in [2.05, 4.69) is 64.9 Å². The minimum atomic E-state index is -0.347. The van der Waals surface area contributed by atoms with Gasteiger partial charge in [0.15, 0.2) is 0 Å². The lowest BCUT2D eigenvalue weighted by atomic mass is 10.2. The number of nitrogens with zero attached hydrogens (tertiary/aromatic N) is 3. The maximum Gasteiger partial charge on any atom is 0.142 e. The molecule has 4 nitrogen and oxygen atoms in total. The van der Waals surface area contributed by atoms with Crippen LogP contribution in [0.15, 0.2) is 42.6 Å². The van der Waals surface area contributed by atoms with Crippen molar-refractivity contribution >= 4 is 16.7 Å². The van der Waals surface area contributed by atoms with Gasteiger partial charge in [-0.2, -0.15) is 0 Å². The number of anilines is 1. The molecule has 1 aromatic carbocycles. The first-order chi connectivity index (χ1) is 12.0. The van der Waals surface area contributed by atoms with E-state index < -0.39 is 0 Å². The molecule has 2 aromatic heterocycles. The highest BCUT2D eigenvalue weighted by atomic mass is 19.1. The topological polar surface area (TPSA) is 35.2 Å². The summed E-state index contributed by atoms with van der Waals surface area (Å²) in [6.07, 6.45) is 1.20.